The zero-order valence-electron chi connectivity index (χ0n) is 23.8. The van der Waals surface area contributed by atoms with E-state index >= 15 is 0 Å². The Morgan fingerprint density at radius 2 is 1.56 bits per heavy atom. The molecule has 3 saturated heterocycles. The number of anilines is 4. The van der Waals surface area contributed by atoms with Gasteiger partial charge in [-0.1, -0.05) is 12.1 Å². The van der Waals surface area contributed by atoms with Crippen molar-refractivity contribution in [2.75, 3.05) is 60.2 Å². The molecule has 1 aromatic heterocycles. The van der Waals surface area contributed by atoms with Crippen LogP contribution in [-0.4, -0.2) is 83.4 Å². The fraction of sp³-hybridized carbons (Fsp3) is 0.467. The number of benzene rings is 2. The van der Waals surface area contributed by atoms with E-state index in [1.54, 1.807) is 0 Å². The maximum atomic E-state index is 12.7. The van der Waals surface area contributed by atoms with Crippen molar-refractivity contribution >= 4 is 29.3 Å². The van der Waals surface area contributed by atoms with E-state index in [1.807, 2.05) is 36.4 Å². The zero-order valence-corrected chi connectivity index (χ0v) is 23.8. The van der Waals surface area contributed by atoms with Gasteiger partial charge >= 0.3 is 6.03 Å². The van der Waals surface area contributed by atoms with Gasteiger partial charge in [-0.05, 0) is 68.7 Å². The van der Waals surface area contributed by atoms with Crippen LogP contribution >= 0.6 is 0 Å². The van der Waals surface area contributed by atoms with Crippen molar-refractivity contribution in [3.8, 4) is 11.4 Å². The van der Waals surface area contributed by atoms with E-state index in [4.69, 9.17) is 19.7 Å². The summed E-state index contributed by atoms with van der Waals surface area (Å²) in [5, 5.41) is 12.6. The van der Waals surface area contributed by atoms with Crippen molar-refractivity contribution in [1.29, 1.82) is 0 Å². The van der Waals surface area contributed by atoms with Gasteiger partial charge in [0, 0.05) is 55.7 Å². The number of ether oxygens (including phenoxy) is 1. The summed E-state index contributed by atoms with van der Waals surface area (Å²) < 4.78 is 5.76. The quantitative estimate of drug-likeness (QED) is 0.328. The largest absolute Gasteiger partial charge is 0.377 e. The molecule has 2 unspecified atom stereocenters. The lowest BCUT2D eigenvalue weighted by Gasteiger charge is -2.34. The molecule has 0 saturated carbocycles. The van der Waals surface area contributed by atoms with Crippen molar-refractivity contribution < 1.29 is 9.53 Å². The van der Waals surface area contributed by atoms with Crippen LogP contribution in [0.2, 0.25) is 0 Å². The van der Waals surface area contributed by atoms with Crippen molar-refractivity contribution in [1.82, 2.24) is 25.2 Å². The normalized spacial score (nSPS) is 20.7. The van der Waals surface area contributed by atoms with Crippen LogP contribution in [0.25, 0.3) is 11.4 Å². The Hall–Kier alpha value is -3.80. The van der Waals surface area contributed by atoms with Crippen LogP contribution in [0.15, 0.2) is 48.5 Å². The molecule has 4 heterocycles. The number of hydrogen-bond acceptors (Lipinski definition) is 9. The topological polar surface area (TPSA) is 120 Å². The molecule has 3 fully saturated rings. The van der Waals surface area contributed by atoms with Gasteiger partial charge in [-0.2, -0.15) is 15.0 Å². The molecule has 41 heavy (non-hydrogen) atoms. The highest BCUT2D eigenvalue weighted by atomic mass is 16.5. The molecule has 2 atom stereocenters. The summed E-state index contributed by atoms with van der Waals surface area (Å²) in [5.41, 5.74) is 3.53. The molecule has 4 N–H and O–H groups in total. The summed E-state index contributed by atoms with van der Waals surface area (Å²) in [5.74, 6) is 1.85. The van der Waals surface area contributed by atoms with Crippen LogP contribution in [0.5, 0.6) is 0 Å². The van der Waals surface area contributed by atoms with E-state index < -0.39 is 0 Å². The summed E-state index contributed by atoms with van der Waals surface area (Å²) in [7, 11) is 0. The lowest BCUT2D eigenvalue weighted by molar-refractivity contribution is 0.0897. The number of hydrogen-bond donors (Lipinski definition) is 4. The first-order valence-electron chi connectivity index (χ1n) is 14.6. The highest BCUT2D eigenvalue weighted by Gasteiger charge is 2.39. The van der Waals surface area contributed by atoms with Gasteiger partial charge in [0.25, 0.3) is 0 Å². The number of urea groups is 1. The first-order chi connectivity index (χ1) is 20.0. The number of fused-ring (bicyclic) bond motifs is 2. The number of nitrogens with zero attached hydrogens (tertiary/aromatic N) is 5. The van der Waals surface area contributed by atoms with Crippen LogP contribution < -0.4 is 26.2 Å². The molecule has 2 aromatic carbocycles. The molecular weight excluding hydrogens is 518 g/mol. The first-order valence-corrected chi connectivity index (χ1v) is 14.6. The van der Waals surface area contributed by atoms with Crippen LogP contribution in [0, 0.1) is 0 Å². The SMILES string of the molecule is CC(C)Nc1nc(-c2ccc(NC(=O)Nc3ccc(CN4CCNCC4)cc3)cc2)nc(N2C3CCC2COC3)n1. The molecule has 0 spiro atoms. The molecule has 0 radical (unpaired) electrons. The van der Waals surface area contributed by atoms with E-state index in [-0.39, 0.29) is 12.1 Å². The van der Waals surface area contributed by atoms with E-state index in [0.29, 0.717) is 48.7 Å². The van der Waals surface area contributed by atoms with E-state index in [9.17, 15) is 4.79 Å². The van der Waals surface area contributed by atoms with Gasteiger partial charge in [0.1, 0.15) is 0 Å². The Morgan fingerprint density at radius 1 is 0.927 bits per heavy atom. The van der Waals surface area contributed by atoms with E-state index in [2.05, 4.69) is 57.0 Å². The third kappa shape index (κ3) is 6.75. The standard InChI is InChI=1S/C30H39N9O2/c1-20(2)32-28-35-27(36-29(37-28)39-25-11-12-26(39)19-41-18-25)22-5-9-24(10-6-22)34-30(40)33-23-7-3-21(4-8-23)17-38-15-13-31-14-16-38/h3-10,20,25-26,31H,11-19H2,1-2H3,(H2,33,34,40)(H,32,35,36,37). The predicted molar refractivity (Wildman–Crippen MR) is 161 cm³/mol. The fourth-order valence-electron chi connectivity index (χ4n) is 5.70. The number of piperazine rings is 1. The third-order valence-electron chi connectivity index (χ3n) is 7.74. The molecule has 216 valence electrons. The molecule has 3 aromatic rings. The monoisotopic (exact) mass is 557 g/mol. The second kappa shape index (κ2) is 12.4. The number of aromatic nitrogens is 3. The van der Waals surface area contributed by atoms with Crippen molar-refractivity contribution in [2.24, 2.45) is 0 Å². The second-order valence-electron chi connectivity index (χ2n) is 11.3. The van der Waals surface area contributed by atoms with Gasteiger partial charge in [-0.15, -0.1) is 0 Å². The summed E-state index contributed by atoms with van der Waals surface area (Å²) in [6.45, 7) is 10.6. The summed E-state index contributed by atoms with van der Waals surface area (Å²) in [6, 6.07) is 16.1. The lowest BCUT2D eigenvalue weighted by Crippen LogP contribution is -2.47. The number of rotatable bonds is 8. The molecule has 3 aliphatic rings. The minimum absolute atomic E-state index is 0.188. The Morgan fingerprint density at radius 3 is 2.20 bits per heavy atom. The van der Waals surface area contributed by atoms with Gasteiger partial charge in [0.05, 0.1) is 25.3 Å². The number of carbonyl (C=O) groups excluding carboxylic acids is 1. The molecule has 11 heteroatoms. The van der Waals surface area contributed by atoms with Crippen molar-refractivity contribution in [3.63, 3.8) is 0 Å². The van der Waals surface area contributed by atoms with Crippen LogP contribution in [0.1, 0.15) is 32.3 Å². The summed E-state index contributed by atoms with van der Waals surface area (Å²) in [6.07, 6.45) is 2.17. The molecular formula is C30H39N9O2. The molecule has 0 aliphatic carbocycles. The Kier molecular flexibility index (Phi) is 8.26. The third-order valence-corrected chi connectivity index (χ3v) is 7.74. The lowest BCUT2D eigenvalue weighted by atomic mass is 10.2. The maximum Gasteiger partial charge on any atom is 0.323 e. The highest BCUT2D eigenvalue weighted by molar-refractivity contribution is 5.99. The van der Waals surface area contributed by atoms with Crippen molar-refractivity contribution in [3.05, 3.63) is 54.1 Å². The Labute approximate surface area is 241 Å². The maximum absolute atomic E-state index is 12.7. The summed E-state index contributed by atoms with van der Waals surface area (Å²) in [4.78, 5) is 31.7. The van der Waals surface area contributed by atoms with Gasteiger partial charge in [0.15, 0.2) is 5.82 Å². The fourth-order valence-corrected chi connectivity index (χ4v) is 5.70. The minimum Gasteiger partial charge on any atom is -0.377 e. The molecule has 2 bridgehead atoms. The average molecular weight is 558 g/mol. The van der Waals surface area contributed by atoms with Crippen LogP contribution in [0.3, 0.4) is 0 Å². The summed E-state index contributed by atoms with van der Waals surface area (Å²) >= 11 is 0. The minimum atomic E-state index is -0.290. The molecule has 3 aliphatic heterocycles. The highest BCUT2D eigenvalue weighted by Crippen LogP contribution is 2.33. The first kappa shape index (κ1) is 27.4. The van der Waals surface area contributed by atoms with Crippen LogP contribution in [-0.2, 0) is 11.3 Å². The average Bonchev–Trinajstić information content (AvgIpc) is 3.22. The zero-order chi connectivity index (χ0) is 28.2. The second-order valence-corrected chi connectivity index (χ2v) is 11.3. The molecule has 11 nitrogen and oxygen atoms in total. The van der Waals surface area contributed by atoms with Crippen LogP contribution in [0.4, 0.5) is 28.1 Å². The molecule has 2 amide bonds. The number of amides is 2. The number of morpholine rings is 1. The van der Waals surface area contributed by atoms with Gasteiger partial charge in [-0.3, -0.25) is 4.90 Å². The van der Waals surface area contributed by atoms with Gasteiger partial charge < -0.3 is 30.9 Å². The van der Waals surface area contributed by atoms with E-state index in [1.165, 1.54) is 5.56 Å². The smallest absolute Gasteiger partial charge is 0.323 e. The van der Waals surface area contributed by atoms with Crippen molar-refractivity contribution in [2.45, 2.75) is 51.4 Å². The van der Waals surface area contributed by atoms with Gasteiger partial charge in [-0.25, -0.2) is 4.79 Å². The number of carbonyl (C=O) groups is 1. The van der Waals surface area contributed by atoms with E-state index in [0.717, 1.165) is 56.8 Å². The predicted octanol–water partition coefficient (Wildman–Crippen LogP) is 3.78. The van der Waals surface area contributed by atoms with Gasteiger partial charge in [0.2, 0.25) is 11.9 Å². The Balaban J connectivity index is 1.10. The number of nitrogens with one attached hydrogen (secondary N) is 4. The Bertz CT molecular complexity index is 1310. The molecule has 6 rings (SSSR count).